The monoisotopic (exact) mass is 306 g/mol. The number of fused-ring (bicyclic) bond motifs is 1. The Hall–Kier alpha value is -2.13. The summed E-state index contributed by atoms with van der Waals surface area (Å²) in [5.41, 5.74) is 0. The molecule has 0 aliphatic carbocycles. The first kappa shape index (κ1) is 15.3. The van der Waals surface area contributed by atoms with Gasteiger partial charge in [0.05, 0.1) is 6.54 Å². The average molecular weight is 306 g/mol. The van der Waals surface area contributed by atoms with Gasteiger partial charge in [-0.3, -0.25) is 9.59 Å². The molecule has 0 bridgehead atoms. The molecule has 2 heterocycles. The first-order valence-electron chi connectivity index (χ1n) is 6.28. The summed E-state index contributed by atoms with van der Waals surface area (Å²) in [6.45, 7) is 0.0524. The number of carbonyl (C=O) groups excluding carboxylic acids is 1. The summed E-state index contributed by atoms with van der Waals surface area (Å²) in [4.78, 5) is 23.6. The molecule has 0 atom stereocenters. The number of rotatable bonds is 4. The van der Waals surface area contributed by atoms with Crippen molar-refractivity contribution < 1.29 is 27.9 Å². The molecule has 1 aromatic heterocycles. The standard InChI is InChI=1S/C11H13F3N4O3/c12-11(13,14)10-16-15-7-6-17(4-5-18(7)10)8(19)2-1-3-9(20)21/h1-6H2,(H,20,21). The van der Waals surface area contributed by atoms with Crippen LogP contribution in [0.25, 0.3) is 0 Å². The van der Waals surface area contributed by atoms with Gasteiger partial charge in [0.1, 0.15) is 0 Å². The Morgan fingerprint density at radius 3 is 2.52 bits per heavy atom. The van der Waals surface area contributed by atoms with Crippen molar-refractivity contribution in [2.75, 3.05) is 6.54 Å². The molecule has 0 saturated carbocycles. The lowest BCUT2D eigenvalue weighted by Gasteiger charge is -2.28. The van der Waals surface area contributed by atoms with Crippen LogP contribution in [0.1, 0.15) is 30.9 Å². The molecule has 10 heteroatoms. The van der Waals surface area contributed by atoms with Crippen LogP contribution >= 0.6 is 0 Å². The minimum absolute atomic E-state index is 0.0259. The van der Waals surface area contributed by atoms with Crippen molar-refractivity contribution in [1.29, 1.82) is 0 Å². The highest BCUT2D eigenvalue weighted by atomic mass is 19.4. The zero-order valence-electron chi connectivity index (χ0n) is 10.9. The van der Waals surface area contributed by atoms with Crippen LogP contribution in [0.5, 0.6) is 0 Å². The van der Waals surface area contributed by atoms with E-state index in [2.05, 4.69) is 10.2 Å². The predicted molar refractivity (Wildman–Crippen MR) is 61.9 cm³/mol. The summed E-state index contributed by atoms with van der Waals surface area (Å²) in [6, 6.07) is 0. The summed E-state index contributed by atoms with van der Waals surface area (Å²) in [6.07, 6.45) is -4.44. The summed E-state index contributed by atoms with van der Waals surface area (Å²) in [5.74, 6) is -2.26. The van der Waals surface area contributed by atoms with Crippen molar-refractivity contribution in [3.8, 4) is 0 Å². The predicted octanol–water partition coefficient (Wildman–Crippen LogP) is 0.894. The molecule has 116 valence electrons. The number of carbonyl (C=O) groups is 2. The Labute approximate surface area is 117 Å². The molecule has 0 saturated heterocycles. The highest BCUT2D eigenvalue weighted by Crippen LogP contribution is 2.29. The highest BCUT2D eigenvalue weighted by molar-refractivity contribution is 5.77. The molecule has 1 aliphatic rings. The minimum atomic E-state index is -4.57. The third kappa shape index (κ3) is 3.50. The van der Waals surface area contributed by atoms with Crippen LogP contribution in [-0.2, 0) is 28.9 Å². The van der Waals surface area contributed by atoms with Crippen LogP contribution in [0.15, 0.2) is 0 Å². The molecular weight excluding hydrogens is 293 g/mol. The van der Waals surface area contributed by atoms with Crippen molar-refractivity contribution in [2.24, 2.45) is 0 Å². The molecule has 21 heavy (non-hydrogen) atoms. The number of halogens is 3. The molecule has 0 fully saturated rings. The van der Waals surface area contributed by atoms with E-state index in [9.17, 15) is 22.8 Å². The average Bonchev–Trinajstić information content (AvgIpc) is 2.80. The fourth-order valence-corrected chi connectivity index (χ4v) is 2.13. The van der Waals surface area contributed by atoms with Gasteiger partial charge in [0.25, 0.3) is 0 Å². The molecule has 1 N–H and O–H groups in total. The summed E-state index contributed by atoms with van der Waals surface area (Å²) < 4.78 is 38.9. The fourth-order valence-electron chi connectivity index (χ4n) is 2.13. The van der Waals surface area contributed by atoms with Crippen molar-refractivity contribution in [2.45, 2.75) is 38.5 Å². The zero-order chi connectivity index (χ0) is 15.6. The molecule has 1 aromatic rings. The normalized spacial score (nSPS) is 14.9. The van der Waals surface area contributed by atoms with Gasteiger partial charge in [-0.1, -0.05) is 0 Å². The van der Waals surface area contributed by atoms with Crippen molar-refractivity contribution in [3.05, 3.63) is 11.6 Å². The summed E-state index contributed by atoms with van der Waals surface area (Å²) in [5, 5.41) is 15.1. The third-order valence-corrected chi connectivity index (χ3v) is 3.14. The number of hydrogen-bond acceptors (Lipinski definition) is 4. The van der Waals surface area contributed by atoms with Crippen molar-refractivity contribution >= 4 is 11.9 Å². The van der Waals surface area contributed by atoms with Gasteiger partial charge in [-0.05, 0) is 6.42 Å². The van der Waals surface area contributed by atoms with Crippen LogP contribution in [-0.4, -0.2) is 43.2 Å². The van der Waals surface area contributed by atoms with E-state index in [0.29, 0.717) is 0 Å². The van der Waals surface area contributed by atoms with Crippen LogP contribution in [0.2, 0.25) is 0 Å². The molecule has 2 rings (SSSR count). The number of hydrogen-bond donors (Lipinski definition) is 1. The second-order valence-corrected chi connectivity index (χ2v) is 4.65. The molecule has 0 unspecified atom stereocenters. The van der Waals surface area contributed by atoms with Crippen LogP contribution in [0.3, 0.4) is 0 Å². The first-order valence-corrected chi connectivity index (χ1v) is 6.28. The molecule has 1 aliphatic heterocycles. The lowest BCUT2D eigenvalue weighted by molar-refractivity contribution is -0.148. The van der Waals surface area contributed by atoms with Gasteiger partial charge in [0.2, 0.25) is 11.7 Å². The van der Waals surface area contributed by atoms with Gasteiger partial charge >= 0.3 is 12.1 Å². The topological polar surface area (TPSA) is 88.3 Å². The smallest absolute Gasteiger partial charge is 0.451 e. The van der Waals surface area contributed by atoms with Gasteiger partial charge in [-0.15, -0.1) is 10.2 Å². The fraction of sp³-hybridized carbons (Fsp3) is 0.636. The molecular formula is C11H13F3N4O3. The summed E-state index contributed by atoms with van der Waals surface area (Å²) in [7, 11) is 0. The quantitative estimate of drug-likeness (QED) is 0.892. The van der Waals surface area contributed by atoms with Gasteiger partial charge in [-0.25, -0.2) is 0 Å². The maximum absolute atomic E-state index is 12.6. The van der Waals surface area contributed by atoms with Crippen LogP contribution in [0.4, 0.5) is 13.2 Å². The number of carboxylic acid groups (broad SMARTS) is 1. The van der Waals surface area contributed by atoms with E-state index in [1.54, 1.807) is 0 Å². The van der Waals surface area contributed by atoms with E-state index in [0.717, 1.165) is 4.57 Å². The molecule has 1 amide bonds. The molecule has 7 nitrogen and oxygen atoms in total. The third-order valence-electron chi connectivity index (χ3n) is 3.14. The second-order valence-electron chi connectivity index (χ2n) is 4.65. The second kappa shape index (κ2) is 5.70. The van der Waals surface area contributed by atoms with E-state index in [1.165, 1.54) is 4.90 Å². The van der Waals surface area contributed by atoms with E-state index in [4.69, 9.17) is 5.11 Å². The largest absolute Gasteiger partial charge is 0.481 e. The first-order chi connectivity index (χ1) is 9.79. The minimum Gasteiger partial charge on any atom is -0.481 e. The Kier molecular flexibility index (Phi) is 4.14. The van der Waals surface area contributed by atoms with Crippen LogP contribution in [0, 0.1) is 0 Å². The van der Waals surface area contributed by atoms with E-state index in [-0.39, 0.29) is 50.6 Å². The molecule has 0 spiro atoms. The molecule has 0 aromatic carbocycles. The highest BCUT2D eigenvalue weighted by Gasteiger charge is 2.39. The maximum Gasteiger partial charge on any atom is 0.451 e. The van der Waals surface area contributed by atoms with Crippen molar-refractivity contribution in [3.63, 3.8) is 0 Å². The van der Waals surface area contributed by atoms with Gasteiger partial charge in [0.15, 0.2) is 5.82 Å². The zero-order valence-corrected chi connectivity index (χ0v) is 10.9. The van der Waals surface area contributed by atoms with Gasteiger partial charge in [-0.2, -0.15) is 13.2 Å². The maximum atomic E-state index is 12.6. The van der Waals surface area contributed by atoms with Crippen LogP contribution < -0.4 is 0 Å². The SMILES string of the molecule is O=C(O)CCCC(=O)N1CCn2c(nnc2C(F)(F)F)C1. The van der Waals surface area contributed by atoms with Gasteiger partial charge < -0.3 is 14.6 Å². The number of carboxylic acids is 1. The number of aromatic nitrogens is 3. The number of nitrogens with zero attached hydrogens (tertiary/aromatic N) is 4. The lowest BCUT2D eigenvalue weighted by atomic mass is 10.2. The van der Waals surface area contributed by atoms with Gasteiger partial charge in [0, 0.05) is 25.9 Å². The van der Waals surface area contributed by atoms with E-state index in [1.807, 2.05) is 0 Å². The Morgan fingerprint density at radius 2 is 1.90 bits per heavy atom. The van der Waals surface area contributed by atoms with Crippen molar-refractivity contribution in [1.82, 2.24) is 19.7 Å². The molecule has 0 radical (unpaired) electrons. The number of alkyl halides is 3. The lowest BCUT2D eigenvalue weighted by Crippen LogP contribution is -2.39. The Morgan fingerprint density at radius 1 is 1.19 bits per heavy atom. The summed E-state index contributed by atoms with van der Waals surface area (Å²) >= 11 is 0. The number of amides is 1. The van der Waals surface area contributed by atoms with E-state index >= 15 is 0 Å². The van der Waals surface area contributed by atoms with E-state index < -0.39 is 18.0 Å². The Balaban J connectivity index is 1.99. The number of aliphatic carboxylic acids is 1. The Bertz CT molecular complexity index is 555.